The molecule has 3 aromatic carbocycles. The van der Waals surface area contributed by atoms with Gasteiger partial charge in [0.25, 0.3) is 0 Å². The Kier molecular flexibility index (Phi) is 6.53. The lowest BCUT2D eigenvalue weighted by Gasteiger charge is -2.31. The van der Waals surface area contributed by atoms with Crippen LogP contribution >= 0.6 is 0 Å². The molecule has 1 aliphatic rings. The van der Waals surface area contributed by atoms with Crippen molar-refractivity contribution in [3.63, 3.8) is 0 Å². The number of aromatic nitrogens is 1. The van der Waals surface area contributed by atoms with E-state index >= 15 is 0 Å². The average Bonchev–Trinajstić information content (AvgIpc) is 3.21. The first-order valence-electron chi connectivity index (χ1n) is 12.5. The van der Waals surface area contributed by atoms with E-state index in [1.54, 1.807) is 0 Å². The number of piperidine rings is 1. The van der Waals surface area contributed by atoms with Gasteiger partial charge in [-0.2, -0.15) is 0 Å². The van der Waals surface area contributed by atoms with Crippen LogP contribution in [0.3, 0.4) is 0 Å². The van der Waals surface area contributed by atoms with Gasteiger partial charge in [-0.1, -0.05) is 85.3 Å². The maximum Gasteiger partial charge on any atom is 0.223 e. The van der Waals surface area contributed by atoms with Gasteiger partial charge >= 0.3 is 0 Å². The third-order valence-electron chi connectivity index (χ3n) is 7.35. The van der Waals surface area contributed by atoms with Gasteiger partial charge < -0.3 is 9.47 Å². The van der Waals surface area contributed by atoms with Crippen molar-refractivity contribution in [3.8, 4) is 0 Å². The second-order valence-electron chi connectivity index (χ2n) is 9.95. The van der Waals surface area contributed by atoms with Crippen LogP contribution in [0.2, 0.25) is 0 Å². The van der Waals surface area contributed by atoms with Crippen LogP contribution < -0.4 is 0 Å². The predicted molar refractivity (Wildman–Crippen MR) is 140 cm³/mol. The van der Waals surface area contributed by atoms with Gasteiger partial charge in [-0.3, -0.25) is 4.79 Å². The van der Waals surface area contributed by atoms with Crippen LogP contribution in [0, 0.1) is 12.8 Å². The zero-order valence-electron chi connectivity index (χ0n) is 20.3. The monoisotopic (exact) mass is 450 g/mol. The van der Waals surface area contributed by atoms with Gasteiger partial charge in [-0.05, 0) is 48.4 Å². The number of carbonyl (C=O) groups is 1. The maximum absolute atomic E-state index is 13.5. The van der Waals surface area contributed by atoms with Gasteiger partial charge in [0.15, 0.2) is 0 Å². The van der Waals surface area contributed by atoms with Crippen molar-refractivity contribution in [2.24, 2.45) is 5.92 Å². The fourth-order valence-electron chi connectivity index (χ4n) is 5.32. The number of likely N-dealkylation sites (tertiary alicyclic amines) is 1. The lowest BCUT2D eigenvalue weighted by atomic mass is 9.86. The van der Waals surface area contributed by atoms with Gasteiger partial charge in [0.1, 0.15) is 0 Å². The lowest BCUT2D eigenvalue weighted by Crippen LogP contribution is -2.38. The van der Waals surface area contributed by atoms with Gasteiger partial charge in [-0.15, -0.1) is 0 Å². The van der Waals surface area contributed by atoms with Gasteiger partial charge in [0, 0.05) is 49.1 Å². The van der Waals surface area contributed by atoms with Crippen molar-refractivity contribution in [3.05, 3.63) is 107 Å². The highest BCUT2D eigenvalue weighted by atomic mass is 16.2. The summed E-state index contributed by atoms with van der Waals surface area (Å²) in [5.41, 5.74) is 6.20. The van der Waals surface area contributed by atoms with E-state index < -0.39 is 0 Å². The number of hydrogen-bond acceptors (Lipinski definition) is 1. The Morgan fingerprint density at radius 3 is 2.44 bits per heavy atom. The third-order valence-corrected chi connectivity index (χ3v) is 7.35. The first-order valence-corrected chi connectivity index (χ1v) is 12.5. The standard InChI is InChI=1S/C31H34N2O/c1-23-15-17-32(18-16-23)31(34)20-28(26-12-8-9-24(2)19-26)29-22-33(21-25-10-4-3-5-11-25)30-14-7-6-13-27(29)30/h3-14,19,22-23,28H,15-18,20-21H2,1-2H3. The number of rotatable bonds is 6. The Bertz CT molecular complexity index is 1270. The highest BCUT2D eigenvalue weighted by Gasteiger charge is 2.27. The molecule has 1 aliphatic heterocycles. The van der Waals surface area contributed by atoms with Crippen molar-refractivity contribution < 1.29 is 4.79 Å². The van der Waals surface area contributed by atoms with Gasteiger partial charge in [-0.25, -0.2) is 0 Å². The Morgan fingerprint density at radius 1 is 0.941 bits per heavy atom. The highest BCUT2D eigenvalue weighted by Crippen LogP contribution is 2.36. The Labute approximate surface area is 203 Å². The SMILES string of the molecule is Cc1cccc(C(CC(=O)N2CCC(C)CC2)c2cn(Cc3ccccc3)c3ccccc23)c1. The van der Waals surface area contributed by atoms with Crippen molar-refractivity contribution in [2.75, 3.05) is 13.1 Å². The number of nitrogens with zero attached hydrogens (tertiary/aromatic N) is 2. The fourth-order valence-corrected chi connectivity index (χ4v) is 5.32. The zero-order chi connectivity index (χ0) is 23.5. The minimum Gasteiger partial charge on any atom is -0.343 e. The molecule has 1 aromatic heterocycles. The summed E-state index contributed by atoms with van der Waals surface area (Å²) in [4.78, 5) is 15.6. The molecule has 2 heterocycles. The molecule has 1 saturated heterocycles. The van der Waals surface area contributed by atoms with Crippen LogP contribution in [0.25, 0.3) is 10.9 Å². The summed E-state index contributed by atoms with van der Waals surface area (Å²) in [6.45, 7) is 7.01. The molecule has 4 aromatic rings. The molecule has 1 atom stereocenters. The molecule has 0 bridgehead atoms. The minimum absolute atomic E-state index is 0.0358. The summed E-state index contributed by atoms with van der Waals surface area (Å²) in [5, 5.41) is 1.24. The molecule has 1 fully saturated rings. The van der Waals surface area contributed by atoms with E-state index in [2.05, 4.69) is 108 Å². The largest absolute Gasteiger partial charge is 0.343 e. The Balaban J connectivity index is 1.54. The van der Waals surface area contributed by atoms with E-state index in [-0.39, 0.29) is 11.8 Å². The Hall–Kier alpha value is -3.33. The van der Waals surface area contributed by atoms with Crippen LogP contribution in [0.1, 0.15) is 54.4 Å². The summed E-state index contributed by atoms with van der Waals surface area (Å²) in [5.74, 6) is 1.03. The number of benzene rings is 3. The number of carbonyl (C=O) groups excluding carboxylic acids is 1. The molecule has 0 saturated carbocycles. The lowest BCUT2D eigenvalue weighted by molar-refractivity contribution is -0.132. The topological polar surface area (TPSA) is 25.2 Å². The van der Waals surface area contributed by atoms with Crippen LogP contribution in [-0.2, 0) is 11.3 Å². The first kappa shape index (κ1) is 22.5. The summed E-state index contributed by atoms with van der Waals surface area (Å²) in [6.07, 6.45) is 5.02. The molecule has 1 unspecified atom stereocenters. The van der Waals surface area contributed by atoms with Gasteiger partial charge in [0.2, 0.25) is 5.91 Å². The number of fused-ring (bicyclic) bond motifs is 1. The molecule has 0 aliphatic carbocycles. The number of amides is 1. The van der Waals surface area contributed by atoms with E-state index in [1.807, 2.05) is 0 Å². The summed E-state index contributed by atoms with van der Waals surface area (Å²) < 4.78 is 2.34. The van der Waals surface area contributed by atoms with E-state index in [0.29, 0.717) is 12.3 Å². The van der Waals surface area contributed by atoms with Gasteiger partial charge in [0.05, 0.1) is 0 Å². The smallest absolute Gasteiger partial charge is 0.223 e. The molecule has 0 spiro atoms. The third kappa shape index (κ3) is 4.79. The maximum atomic E-state index is 13.5. The second kappa shape index (κ2) is 9.89. The van der Waals surface area contributed by atoms with Crippen molar-refractivity contribution in [1.29, 1.82) is 0 Å². The van der Waals surface area contributed by atoms with Crippen LogP contribution in [0.15, 0.2) is 85.1 Å². The normalized spacial score (nSPS) is 15.5. The highest BCUT2D eigenvalue weighted by molar-refractivity contribution is 5.87. The van der Waals surface area contributed by atoms with E-state index in [9.17, 15) is 4.79 Å². The molecule has 0 radical (unpaired) electrons. The summed E-state index contributed by atoms with van der Waals surface area (Å²) >= 11 is 0. The molecule has 3 heteroatoms. The zero-order valence-corrected chi connectivity index (χ0v) is 20.3. The molecule has 0 N–H and O–H groups in total. The minimum atomic E-state index is 0.0358. The number of hydrogen-bond donors (Lipinski definition) is 0. The van der Waals surface area contributed by atoms with E-state index in [4.69, 9.17) is 0 Å². The molecule has 3 nitrogen and oxygen atoms in total. The molecular formula is C31H34N2O. The van der Waals surface area contributed by atoms with Crippen LogP contribution in [0.4, 0.5) is 0 Å². The quantitative estimate of drug-likeness (QED) is 0.318. The number of aryl methyl sites for hydroxylation is 1. The second-order valence-corrected chi connectivity index (χ2v) is 9.95. The van der Waals surface area contributed by atoms with E-state index in [0.717, 1.165) is 32.5 Å². The average molecular weight is 451 g/mol. The fraction of sp³-hybridized carbons (Fsp3) is 0.323. The molecule has 1 amide bonds. The van der Waals surface area contributed by atoms with E-state index in [1.165, 1.54) is 33.2 Å². The molecule has 174 valence electrons. The Morgan fingerprint density at radius 2 is 1.68 bits per heavy atom. The number of para-hydroxylation sites is 1. The summed E-state index contributed by atoms with van der Waals surface area (Å²) in [7, 11) is 0. The molecule has 5 rings (SSSR count). The van der Waals surface area contributed by atoms with Crippen molar-refractivity contribution in [1.82, 2.24) is 9.47 Å². The summed E-state index contributed by atoms with van der Waals surface area (Å²) in [6, 6.07) is 27.9. The molecule has 34 heavy (non-hydrogen) atoms. The first-order chi connectivity index (χ1) is 16.6. The van der Waals surface area contributed by atoms with Crippen LogP contribution in [-0.4, -0.2) is 28.5 Å². The van der Waals surface area contributed by atoms with Crippen molar-refractivity contribution in [2.45, 2.75) is 45.6 Å². The molecular weight excluding hydrogens is 416 g/mol. The van der Waals surface area contributed by atoms with Crippen molar-refractivity contribution >= 4 is 16.8 Å². The predicted octanol–water partition coefficient (Wildman–Crippen LogP) is 6.78. The van der Waals surface area contributed by atoms with Crippen LogP contribution in [0.5, 0.6) is 0 Å².